The van der Waals surface area contributed by atoms with Crippen molar-refractivity contribution in [1.29, 1.82) is 0 Å². The number of nitrogens with one attached hydrogen (secondary N) is 2. The van der Waals surface area contributed by atoms with Crippen molar-refractivity contribution in [3.05, 3.63) is 36.0 Å². The van der Waals surface area contributed by atoms with Crippen LogP contribution in [0.1, 0.15) is 5.56 Å². The van der Waals surface area contributed by atoms with Gasteiger partial charge in [-0.1, -0.05) is 18.2 Å². The van der Waals surface area contributed by atoms with Gasteiger partial charge in [-0.2, -0.15) is 0 Å². The maximum atomic E-state index is 9.17. The lowest BCUT2D eigenvalue weighted by atomic mass is 10.1. The van der Waals surface area contributed by atoms with Crippen molar-refractivity contribution in [1.82, 2.24) is 10.3 Å². The summed E-state index contributed by atoms with van der Waals surface area (Å²) in [6, 6.07) is 8.20. The van der Waals surface area contributed by atoms with Gasteiger partial charge in [-0.05, 0) is 24.6 Å². The molecule has 0 saturated heterocycles. The van der Waals surface area contributed by atoms with Crippen molar-refractivity contribution in [3.63, 3.8) is 0 Å². The van der Waals surface area contributed by atoms with Crippen LogP contribution in [-0.2, 0) is 6.42 Å². The zero-order valence-electron chi connectivity index (χ0n) is 9.69. The van der Waals surface area contributed by atoms with E-state index in [0.29, 0.717) is 6.54 Å². The van der Waals surface area contributed by atoms with Gasteiger partial charge in [0.25, 0.3) is 0 Å². The van der Waals surface area contributed by atoms with Crippen molar-refractivity contribution in [3.8, 4) is 0 Å². The highest BCUT2D eigenvalue weighted by Gasteiger charge is 2.03. The number of para-hydroxylation sites is 1. The molecular formula is C13H18N2O2. The Morgan fingerprint density at radius 2 is 2.12 bits per heavy atom. The van der Waals surface area contributed by atoms with Crippen LogP contribution in [0.15, 0.2) is 30.5 Å². The minimum Gasteiger partial charge on any atom is -0.394 e. The van der Waals surface area contributed by atoms with E-state index in [-0.39, 0.29) is 6.61 Å². The predicted octanol–water partition coefficient (Wildman–Crippen LogP) is 0.653. The molecule has 1 aromatic carbocycles. The van der Waals surface area contributed by atoms with E-state index in [9.17, 15) is 0 Å². The quantitative estimate of drug-likeness (QED) is 0.555. The zero-order valence-corrected chi connectivity index (χ0v) is 9.69. The molecule has 2 aromatic rings. The van der Waals surface area contributed by atoms with Crippen molar-refractivity contribution in [2.75, 3.05) is 19.7 Å². The van der Waals surface area contributed by atoms with Gasteiger partial charge in [-0.15, -0.1) is 0 Å². The van der Waals surface area contributed by atoms with Crippen LogP contribution in [-0.4, -0.2) is 41.0 Å². The molecule has 0 saturated carbocycles. The first-order valence-electron chi connectivity index (χ1n) is 5.86. The number of fused-ring (bicyclic) bond motifs is 1. The minimum atomic E-state index is -0.669. The lowest BCUT2D eigenvalue weighted by Crippen LogP contribution is -2.30. The molecule has 92 valence electrons. The SMILES string of the molecule is OC[C@@H](O)CNCCc1c[nH]c2ccccc12. The third kappa shape index (κ3) is 3.06. The van der Waals surface area contributed by atoms with Crippen LogP contribution >= 0.6 is 0 Å². The Morgan fingerprint density at radius 3 is 2.94 bits per heavy atom. The molecule has 0 fully saturated rings. The topological polar surface area (TPSA) is 68.3 Å². The third-order valence-corrected chi connectivity index (χ3v) is 2.84. The number of H-pyrrole nitrogens is 1. The number of hydrogen-bond acceptors (Lipinski definition) is 3. The van der Waals surface area contributed by atoms with Gasteiger partial charge in [0.05, 0.1) is 12.7 Å². The van der Waals surface area contributed by atoms with E-state index in [0.717, 1.165) is 18.5 Å². The monoisotopic (exact) mass is 234 g/mol. The molecule has 4 N–H and O–H groups in total. The van der Waals surface area contributed by atoms with Gasteiger partial charge in [0.1, 0.15) is 0 Å². The summed E-state index contributed by atoms with van der Waals surface area (Å²) in [4.78, 5) is 3.23. The van der Waals surface area contributed by atoms with Crippen LogP contribution < -0.4 is 5.32 Å². The van der Waals surface area contributed by atoms with E-state index < -0.39 is 6.10 Å². The maximum Gasteiger partial charge on any atom is 0.0894 e. The molecule has 0 aliphatic carbocycles. The fourth-order valence-corrected chi connectivity index (χ4v) is 1.89. The van der Waals surface area contributed by atoms with E-state index in [1.807, 2.05) is 18.3 Å². The summed E-state index contributed by atoms with van der Waals surface area (Å²) in [6.07, 6.45) is 2.26. The molecule has 0 aliphatic rings. The molecule has 0 radical (unpaired) electrons. The Hall–Kier alpha value is -1.36. The lowest BCUT2D eigenvalue weighted by Gasteiger charge is -2.08. The van der Waals surface area contributed by atoms with Gasteiger partial charge in [0.15, 0.2) is 0 Å². The Bertz CT molecular complexity index is 467. The van der Waals surface area contributed by atoms with Crippen molar-refractivity contribution >= 4 is 10.9 Å². The molecule has 0 spiro atoms. The fourth-order valence-electron chi connectivity index (χ4n) is 1.89. The molecule has 0 aliphatic heterocycles. The van der Waals surface area contributed by atoms with Crippen LogP contribution in [0.25, 0.3) is 10.9 Å². The lowest BCUT2D eigenvalue weighted by molar-refractivity contribution is 0.0947. The summed E-state index contributed by atoms with van der Waals surface area (Å²) in [5.74, 6) is 0. The second-order valence-electron chi connectivity index (χ2n) is 4.15. The van der Waals surface area contributed by atoms with Crippen LogP contribution in [0, 0.1) is 0 Å². The number of aromatic nitrogens is 1. The summed E-state index contributed by atoms with van der Waals surface area (Å²) in [5.41, 5.74) is 2.42. The van der Waals surface area contributed by atoms with Gasteiger partial charge >= 0.3 is 0 Å². The van der Waals surface area contributed by atoms with Gasteiger partial charge in [0, 0.05) is 23.6 Å². The zero-order chi connectivity index (χ0) is 12.1. The maximum absolute atomic E-state index is 9.17. The molecule has 0 amide bonds. The van der Waals surface area contributed by atoms with Crippen molar-refractivity contribution in [2.45, 2.75) is 12.5 Å². The van der Waals surface area contributed by atoms with Crippen molar-refractivity contribution < 1.29 is 10.2 Å². The highest BCUT2D eigenvalue weighted by Crippen LogP contribution is 2.17. The smallest absolute Gasteiger partial charge is 0.0894 e. The van der Waals surface area contributed by atoms with Crippen molar-refractivity contribution in [2.24, 2.45) is 0 Å². The molecule has 2 rings (SSSR count). The minimum absolute atomic E-state index is 0.194. The van der Waals surface area contributed by atoms with Crippen LogP contribution in [0.5, 0.6) is 0 Å². The van der Waals surface area contributed by atoms with Gasteiger partial charge < -0.3 is 20.5 Å². The number of benzene rings is 1. The molecule has 4 nitrogen and oxygen atoms in total. The van der Waals surface area contributed by atoms with E-state index in [1.165, 1.54) is 10.9 Å². The number of aliphatic hydroxyl groups excluding tert-OH is 2. The van der Waals surface area contributed by atoms with E-state index >= 15 is 0 Å². The normalized spacial score (nSPS) is 13.1. The van der Waals surface area contributed by atoms with Gasteiger partial charge in [0.2, 0.25) is 0 Å². The first-order valence-corrected chi connectivity index (χ1v) is 5.86. The molecule has 1 aromatic heterocycles. The third-order valence-electron chi connectivity index (χ3n) is 2.84. The van der Waals surface area contributed by atoms with Crippen LogP contribution in [0.3, 0.4) is 0 Å². The van der Waals surface area contributed by atoms with E-state index in [1.54, 1.807) is 0 Å². The van der Waals surface area contributed by atoms with Crippen LogP contribution in [0.4, 0.5) is 0 Å². The molecule has 1 heterocycles. The fraction of sp³-hybridized carbons (Fsp3) is 0.385. The molecule has 0 bridgehead atoms. The predicted molar refractivity (Wildman–Crippen MR) is 68.0 cm³/mol. The second kappa shape index (κ2) is 5.82. The standard InChI is InChI=1S/C13H18N2O2/c16-9-11(17)8-14-6-5-10-7-15-13-4-2-1-3-12(10)13/h1-4,7,11,14-17H,5-6,8-9H2/t11-/m0/s1. The van der Waals surface area contributed by atoms with E-state index in [2.05, 4.69) is 22.4 Å². The average Bonchev–Trinajstić information content (AvgIpc) is 2.78. The average molecular weight is 234 g/mol. The Labute approximate surface area is 100 Å². The largest absolute Gasteiger partial charge is 0.394 e. The number of aromatic amines is 1. The summed E-state index contributed by atoms with van der Waals surface area (Å²) in [7, 11) is 0. The molecule has 1 atom stereocenters. The second-order valence-corrected chi connectivity index (χ2v) is 4.15. The summed E-state index contributed by atoms with van der Waals surface area (Å²) in [5, 5.41) is 22.2. The first-order chi connectivity index (χ1) is 8.31. The number of aliphatic hydroxyl groups is 2. The summed E-state index contributed by atoms with van der Waals surface area (Å²) < 4.78 is 0. The number of rotatable bonds is 6. The van der Waals surface area contributed by atoms with Gasteiger partial charge in [-0.25, -0.2) is 0 Å². The molecule has 0 unspecified atom stereocenters. The molecule has 17 heavy (non-hydrogen) atoms. The van der Waals surface area contributed by atoms with E-state index in [4.69, 9.17) is 10.2 Å². The summed E-state index contributed by atoms with van der Waals surface area (Å²) >= 11 is 0. The highest BCUT2D eigenvalue weighted by atomic mass is 16.3. The Kier molecular flexibility index (Phi) is 4.14. The van der Waals surface area contributed by atoms with Crippen LogP contribution in [0.2, 0.25) is 0 Å². The highest BCUT2D eigenvalue weighted by molar-refractivity contribution is 5.83. The number of hydrogen-bond donors (Lipinski definition) is 4. The van der Waals surface area contributed by atoms with Gasteiger partial charge in [-0.3, -0.25) is 0 Å². The molecular weight excluding hydrogens is 216 g/mol. The first kappa shape index (κ1) is 12.1. The Balaban J connectivity index is 1.87. The molecule has 4 heteroatoms. The Morgan fingerprint density at radius 1 is 1.29 bits per heavy atom. The summed E-state index contributed by atoms with van der Waals surface area (Å²) in [6.45, 7) is 1.03.